The van der Waals surface area contributed by atoms with Crippen molar-refractivity contribution < 1.29 is 14.9 Å². The van der Waals surface area contributed by atoms with Crippen LogP contribution in [0.4, 0.5) is 11.4 Å². The molecule has 3 N–H and O–H groups in total. The molecule has 0 radical (unpaired) electrons. The van der Waals surface area contributed by atoms with E-state index in [4.69, 9.17) is 5.21 Å². The fraction of sp³-hybridized carbons (Fsp3) is 0.111. The zero-order valence-electron chi connectivity index (χ0n) is 8.88. The largest absolute Gasteiger partial charge is 0.352 e. The van der Waals surface area contributed by atoms with Crippen molar-refractivity contribution in [2.45, 2.75) is 0 Å². The third-order valence-electron chi connectivity index (χ3n) is 1.85. The average molecular weight is 238 g/mol. The van der Waals surface area contributed by atoms with Gasteiger partial charge in [-0.1, -0.05) is 0 Å². The smallest absolute Gasteiger partial charge is 0.288 e. The molecule has 0 aromatic heterocycles. The average Bonchev–Trinajstić information content (AvgIpc) is 2.35. The molecule has 0 saturated heterocycles. The van der Waals surface area contributed by atoms with Gasteiger partial charge >= 0.3 is 0 Å². The Labute approximate surface area is 96.1 Å². The first-order valence-corrected chi connectivity index (χ1v) is 4.54. The van der Waals surface area contributed by atoms with Crippen LogP contribution in [0.2, 0.25) is 0 Å². The molecule has 17 heavy (non-hydrogen) atoms. The van der Waals surface area contributed by atoms with E-state index in [0.717, 1.165) is 0 Å². The van der Waals surface area contributed by atoms with Crippen molar-refractivity contribution in [3.05, 3.63) is 34.4 Å². The molecule has 0 saturated carbocycles. The Morgan fingerprint density at radius 2 is 2.00 bits per heavy atom. The van der Waals surface area contributed by atoms with E-state index in [-0.39, 0.29) is 11.5 Å². The number of nitro benzene ring substituents is 1. The number of carbonyl (C=O) groups is 1. The van der Waals surface area contributed by atoms with E-state index < -0.39 is 10.8 Å². The number of hydrogen-bond acceptors (Lipinski definition) is 5. The van der Waals surface area contributed by atoms with Crippen molar-refractivity contribution in [1.29, 1.82) is 0 Å². The van der Waals surface area contributed by atoms with E-state index in [1.54, 1.807) is 5.48 Å². The van der Waals surface area contributed by atoms with Gasteiger partial charge in [0.25, 0.3) is 11.6 Å². The molecule has 0 unspecified atom stereocenters. The van der Waals surface area contributed by atoms with Crippen LogP contribution in [0.3, 0.4) is 0 Å². The van der Waals surface area contributed by atoms with Gasteiger partial charge in [-0.05, 0) is 12.1 Å². The van der Waals surface area contributed by atoms with Gasteiger partial charge in [0.05, 0.1) is 10.6 Å². The molecule has 1 aromatic carbocycles. The molecule has 1 aromatic rings. The summed E-state index contributed by atoms with van der Waals surface area (Å²) >= 11 is 0. The fourth-order valence-electron chi connectivity index (χ4n) is 1.02. The second-order valence-electron chi connectivity index (χ2n) is 2.92. The molecule has 0 heterocycles. The quantitative estimate of drug-likeness (QED) is 0.297. The highest BCUT2D eigenvalue weighted by Crippen LogP contribution is 2.17. The number of aliphatic imine (C=N–C) groups is 1. The highest BCUT2D eigenvalue weighted by atomic mass is 16.6. The lowest BCUT2D eigenvalue weighted by Crippen LogP contribution is -2.36. The Hall–Kier alpha value is -2.48. The number of carbonyl (C=O) groups excluding carboxylic acids is 1. The molecular formula is C9H10N4O4. The maximum atomic E-state index is 11.1. The van der Waals surface area contributed by atoms with Crippen LogP contribution in [0, 0.1) is 10.1 Å². The monoisotopic (exact) mass is 238 g/mol. The van der Waals surface area contributed by atoms with Crippen molar-refractivity contribution in [3.8, 4) is 0 Å². The molecule has 8 heteroatoms. The summed E-state index contributed by atoms with van der Waals surface area (Å²) in [6.45, 7) is 0. The second kappa shape index (κ2) is 5.56. The number of hydrogen-bond donors (Lipinski definition) is 3. The molecule has 0 aliphatic carbocycles. The van der Waals surface area contributed by atoms with Crippen molar-refractivity contribution >= 4 is 23.1 Å². The van der Waals surface area contributed by atoms with Crippen LogP contribution in [0.1, 0.15) is 0 Å². The van der Waals surface area contributed by atoms with Gasteiger partial charge in [0, 0.05) is 19.2 Å². The Morgan fingerprint density at radius 3 is 2.41 bits per heavy atom. The summed E-state index contributed by atoms with van der Waals surface area (Å²) in [5, 5.41) is 21.3. The number of benzene rings is 1. The molecule has 0 spiro atoms. The standard InChI is InChI=1S/C9H10N4O4/c1-10-9(14)8(12-15)11-6-2-4-7(5-3-6)13(16)17/h2-5,15H,1H3,(H,10,14)(H,11,12). The molecule has 0 aliphatic heterocycles. The highest BCUT2D eigenvalue weighted by molar-refractivity contribution is 6.37. The molecular weight excluding hydrogens is 228 g/mol. The SMILES string of the molecule is CNC(=O)C(=Nc1ccc([N+](=O)[O-])cc1)NO. The van der Waals surface area contributed by atoms with Gasteiger partial charge in [0.15, 0.2) is 0 Å². The van der Waals surface area contributed by atoms with Crippen LogP contribution in [0.15, 0.2) is 29.3 Å². The van der Waals surface area contributed by atoms with Crippen LogP contribution in [0.5, 0.6) is 0 Å². The Balaban J connectivity index is 2.97. The van der Waals surface area contributed by atoms with Gasteiger partial charge < -0.3 is 5.32 Å². The Bertz CT molecular complexity index is 455. The number of nitrogens with one attached hydrogen (secondary N) is 2. The zero-order valence-corrected chi connectivity index (χ0v) is 8.88. The first kappa shape index (κ1) is 12.6. The summed E-state index contributed by atoms with van der Waals surface area (Å²) < 4.78 is 0. The van der Waals surface area contributed by atoms with Gasteiger partial charge in [0.1, 0.15) is 0 Å². The van der Waals surface area contributed by atoms with Crippen LogP contribution >= 0.6 is 0 Å². The number of non-ortho nitro benzene ring substituents is 1. The molecule has 8 nitrogen and oxygen atoms in total. The van der Waals surface area contributed by atoms with Gasteiger partial charge in [-0.3, -0.25) is 20.1 Å². The predicted octanol–water partition coefficient (Wildman–Crippen LogP) is 0.350. The molecule has 0 fully saturated rings. The van der Waals surface area contributed by atoms with Gasteiger partial charge in [-0.2, -0.15) is 0 Å². The minimum atomic E-state index is -0.606. The van der Waals surface area contributed by atoms with E-state index >= 15 is 0 Å². The number of rotatable bonds is 2. The number of amidine groups is 1. The Kier molecular flexibility index (Phi) is 4.12. The normalized spacial score (nSPS) is 10.8. The van der Waals surface area contributed by atoms with Gasteiger partial charge in [-0.15, -0.1) is 0 Å². The minimum Gasteiger partial charge on any atom is -0.352 e. The van der Waals surface area contributed by atoms with Crippen molar-refractivity contribution in [2.75, 3.05) is 7.05 Å². The van der Waals surface area contributed by atoms with Crippen molar-refractivity contribution in [1.82, 2.24) is 10.8 Å². The zero-order chi connectivity index (χ0) is 12.8. The number of nitro groups is 1. The predicted molar refractivity (Wildman–Crippen MR) is 59.2 cm³/mol. The summed E-state index contributed by atoms with van der Waals surface area (Å²) in [4.78, 5) is 24.8. The lowest BCUT2D eigenvalue weighted by molar-refractivity contribution is -0.384. The van der Waals surface area contributed by atoms with Gasteiger partial charge in [0.2, 0.25) is 5.84 Å². The first-order valence-electron chi connectivity index (χ1n) is 4.54. The van der Waals surface area contributed by atoms with E-state index in [1.807, 2.05) is 0 Å². The van der Waals surface area contributed by atoms with Crippen LogP contribution in [0.25, 0.3) is 0 Å². The molecule has 0 atom stereocenters. The minimum absolute atomic E-state index is 0.0811. The molecule has 0 bridgehead atoms. The molecule has 0 aliphatic rings. The summed E-state index contributed by atoms with van der Waals surface area (Å²) in [5.41, 5.74) is 1.86. The topological polar surface area (TPSA) is 117 Å². The molecule has 1 rings (SSSR count). The summed E-state index contributed by atoms with van der Waals surface area (Å²) in [6, 6.07) is 5.21. The number of hydroxylamine groups is 1. The number of amides is 1. The lowest BCUT2D eigenvalue weighted by atomic mass is 10.3. The summed E-state index contributed by atoms with van der Waals surface area (Å²) in [6.07, 6.45) is 0. The summed E-state index contributed by atoms with van der Waals surface area (Å²) in [7, 11) is 1.38. The number of likely N-dealkylation sites (N-methyl/N-ethyl adjacent to an activating group) is 1. The maximum Gasteiger partial charge on any atom is 0.288 e. The van der Waals surface area contributed by atoms with Crippen LogP contribution < -0.4 is 10.8 Å². The third-order valence-corrected chi connectivity index (χ3v) is 1.85. The van der Waals surface area contributed by atoms with E-state index in [9.17, 15) is 14.9 Å². The lowest BCUT2D eigenvalue weighted by Gasteiger charge is -2.02. The highest BCUT2D eigenvalue weighted by Gasteiger charge is 2.09. The van der Waals surface area contributed by atoms with Gasteiger partial charge in [-0.25, -0.2) is 10.5 Å². The number of nitrogens with zero attached hydrogens (tertiary/aromatic N) is 2. The van der Waals surface area contributed by atoms with E-state index in [2.05, 4.69) is 10.3 Å². The fourth-order valence-corrected chi connectivity index (χ4v) is 1.02. The maximum absolute atomic E-state index is 11.1. The third kappa shape index (κ3) is 3.24. The van der Waals surface area contributed by atoms with Crippen LogP contribution in [-0.2, 0) is 4.79 Å². The molecule has 90 valence electrons. The molecule has 1 amide bonds. The Morgan fingerprint density at radius 1 is 1.41 bits per heavy atom. The first-order chi connectivity index (χ1) is 8.08. The van der Waals surface area contributed by atoms with E-state index in [0.29, 0.717) is 5.69 Å². The van der Waals surface area contributed by atoms with Crippen molar-refractivity contribution in [2.24, 2.45) is 4.99 Å². The van der Waals surface area contributed by atoms with E-state index in [1.165, 1.54) is 31.3 Å². The summed E-state index contributed by atoms with van der Waals surface area (Å²) in [5.74, 6) is -0.910. The van der Waals surface area contributed by atoms with Crippen molar-refractivity contribution in [3.63, 3.8) is 0 Å². The van der Waals surface area contributed by atoms with Crippen LogP contribution in [-0.4, -0.2) is 28.9 Å². The second-order valence-corrected chi connectivity index (χ2v) is 2.92.